The number of thioether (sulfide) groups is 1. The van der Waals surface area contributed by atoms with E-state index in [1.165, 1.54) is 6.07 Å². The van der Waals surface area contributed by atoms with E-state index in [1.54, 1.807) is 0 Å². The fourth-order valence-electron chi connectivity index (χ4n) is 1.21. The highest BCUT2D eigenvalue weighted by molar-refractivity contribution is 8.00. The molecule has 6 heteroatoms. The Balaban J connectivity index is 2.24. The third-order valence-corrected chi connectivity index (χ3v) is 3.21. The van der Waals surface area contributed by atoms with Crippen molar-refractivity contribution in [1.82, 2.24) is 0 Å². The van der Waals surface area contributed by atoms with Gasteiger partial charge in [0.2, 0.25) is 0 Å². The second-order valence-electron chi connectivity index (χ2n) is 3.05. The number of halogens is 4. The number of alkyl halides is 3. The number of benzene rings is 1. The van der Waals surface area contributed by atoms with Gasteiger partial charge in [-0.15, -0.1) is 11.8 Å². The molecule has 0 amide bonds. The van der Waals surface area contributed by atoms with Crippen molar-refractivity contribution in [2.24, 2.45) is 0 Å². The van der Waals surface area contributed by atoms with Crippen LogP contribution in [-0.2, 0) is 0 Å². The summed E-state index contributed by atoms with van der Waals surface area (Å²) in [6.45, 7) is -0.468. The van der Waals surface area contributed by atoms with Gasteiger partial charge in [-0.05, 0) is 12.1 Å². The average Bonchev–Trinajstić information content (AvgIpc) is 2.15. The standard InChI is InChI=1S/C9H6F4OS/c10-5-1-2-7-6(3-5)14-4-8(15-7)9(11,12)13/h1-3,8H,4H2. The molecule has 1 heterocycles. The largest absolute Gasteiger partial charge is 0.491 e. The normalized spacial score (nSPS) is 20.7. The van der Waals surface area contributed by atoms with Crippen molar-refractivity contribution in [3.63, 3.8) is 0 Å². The number of ether oxygens (including phenoxy) is 1. The van der Waals surface area contributed by atoms with Crippen molar-refractivity contribution >= 4 is 11.8 Å². The average molecular weight is 238 g/mol. The quantitative estimate of drug-likeness (QED) is 0.642. The van der Waals surface area contributed by atoms with Gasteiger partial charge in [0.25, 0.3) is 0 Å². The van der Waals surface area contributed by atoms with Crippen molar-refractivity contribution < 1.29 is 22.3 Å². The molecule has 1 aromatic carbocycles. The molecular weight excluding hydrogens is 232 g/mol. The summed E-state index contributed by atoms with van der Waals surface area (Å²) in [5.74, 6) is -0.333. The Hall–Kier alpha value is -0.910. The molecule has 0 radical (unpaired) electrons. The van der Waals surface area contributed by atoms with E-state index < -0.39 is 23.9 Å². The van der Waals surface area contributed by atoms with Gasteiger partial charge in [-0.2, -0.15) is 13.2 Å². The van der Waals surface area contributed by atoms with E-state index in [0.29, 0.717) is 16.7 Å². The molecule has 1 atom stereocenters. The Kier molecular flexibility index (Phi) is 2.54. The minimum Gasteiger partial charge on any atom is -0.491 e. The van der Waals surface area contributed by atoms with Crippen molar-refractivity contribution in [2.45, 2.75) is 16.3 Å². The molecule has 0 bridgehead atoms. The van der Waals surface area contributed by atoms with Gasteiger partial charge in [0.05, 0.1) is 4.90 Å². The van der Waals surface area contributed by atoms with Crippen molar-refractivity contribution in [2.75, 3.05) is 6.61 Å². The third-order valence-electron chi connectivity index (χ3n) is 1.93. The van der Waals surface area contributed by atoms with Gasteiger partial charge >= 0.3 is 6.18 Å². The topological polar surface area (TPSA) is 9.23 Å². The maximum absolute atomic E-state index is 12.7. The summed E-state index contributed by atoms with van der Waals surface area (Å²) < 4.78 is 54.6. The van der Waals surface area contributed by atoms with Crippen molar-refractivity contribution in [1.29, 1.82) is 0 Å². The van der Waals surface area contributed by atoms with Crippen LogP contribution >= 0.6 is 11.8 Å². The molecule has 0 fully saturated rings. The lowest BCUT2D eigenvalue weighted by atomic mass is 10.3. The molecule has 0 spiro atoms. The second-order valence-corrected chi connectivity index (χ2v) is 4.29. The first-order valence-electron chi connectivity index (χ1n) is 4.12. The highest BCUT2D eigenvalue weighted by atomic mass is 32.2. The summed E-state index contributed by atoms with van der Waals surface area (Å²) in [6, 6.07) is 3.51. The highest BCUT2D eigenvalue weighted by Gasteiger charge is 2.43. The predicted octanol–water partition coefficient (Wildman–Crippen LogP) is 3.24. The van der Waals surface area contributed by atoms with E-state index in [0.717, 1.165) is 12.1 Å². The molecule has 0 N–H and O–H groups in total. The smallest absolute Gasteiger partial charge is 0.404 e. The van der Waals surface area contributed by atoms with Crippen LogP contribution in [0.3, 0.4) is 0 Å². The van der Waals surface area contributed by atoms with Gasteiger partial charge in [-0.25, -0.2) is 4.39 Å². The lowest BCUT2D eigenvalue weighted by molar-refractivity contribution is -0.134. The lowest BCUT2D eigenvalue weighted by Crippen LogP contribution is -2.33. The van der Waals surface area contributed by atoms with Gasteiger partial charge in [-0.1, -0.05) is 0 Å². The van der Waals surface area contributed by atoms with E-state index in [4.69, 9.17) is 4.74 Å². The molecule has 0 saturated carbocycles. The lowest BCUT2D eigenvalue weighted by Gasteiger charge is -2.26. The molecule has 15 heavy (non-hydrogen) atoms. The fourth-order valence-corrected chi connectivity index (χ4v) is 2.16. The third kappa shape index (κ3) is 2.19. The van der Waals surface area contributed by atoms with Crippen LogP contribution < -0.4 is 4.74 Å². The molecule has 1 unspecified atom stereocenters. The molecule has 2 rings (SSSR count). The van der Waals surface area contributed by atoms with E-state index in [2.05, 4.69) is 0 Å². The zero-order chi connectivity index (χ0) is 11.1. The summed E-state index contributed by atoms with van der Waals surface area (Å²) >= 11 is 0.656. The second kappa shape index (κ2) is 3.59. The summed E-state index contributed by atoms with van der Waals surface area (Å²) in [7, 11) is 0. The maximum atomic E-state index is 12.7. The van der Waals surface area contributed by atoms with Crippen LogP contribution in [0.25, 0.3) is 0 Å². The predicted molar refractivity (Wildman–Crippen MR) is 47.6 cm³/mol. The van der Waals surface area contributed by atoms with Gasteiger partial charge in [-0.3, -0.25) is 0 Å². The molecule has 1 nitrogen and oxygen atoms in total. The van der Waals surface area contributed by atoms with E-state index >= 15 is 0 Å². The van der Waals surface area contributed by atoms with E-state index in [1.807, 2.05) is 0 Å². The number of hydrogen-bond acceptors (Lipinski definition) is 2. The highest BCUT2D eigenvalue weighted by Crippen LogP contribution is 2.43. The first kappa shape index (κ1) is 10.6. The van der Waals surface area contributed by atoms with Crippen molar-refractivity contribution in [3.8, 4) is 5.75 Å². The molecule has 1 aromatic rings. The van der Waals surface area contributed by atoms with Crippen LogP contribution in [0.4, 0.5) is 17.6 Å². The van der Waals surface area contributed by atoms with Crippen molar-refractivity contribution in [3.05, 3.63) is 24.0 Å². The van der Waals surface area contributed by atoms with E-state index in [-0.39, 0.29) is 5.75 Å². The van der Waals surface area contributed by atoms with Crippen LogP contribution in [-0.4, -0.2) is 18.0 Å². The van der Waals surface area contributed by atoms with Crippen LogP contribution in [0.15, 0.2) is 23.1 Å². The maximum Gasteiger partial charge on any atom is 0.404 e. The Morgan fingerprint density at radius 1 is 1.33 bits per heavy atom. The molecule has 1 aliphatic heterocycles. The minimum absolute atomic E-state index is 0.181. The van der Waals surface area contributed by atoms with Crippen LogP contribution in [0, 0.1) is 5.82 Å². The zero-order valence-electron chi connectivity index (χ0n) is 7.34. The Morgan fingerprint density at radius 3 is 2.73 bits per heavy atom. The summed E-state index contributed by atoms with van der Waals surface area (Å²) in [5, 5.41) is -1.57. The molecule has 1 aliphatic rings. The van der Waals surface area contributed by atoms with Crippen LogP contribution in [0.1, 0.15) is 0 Å². The molecule has 0 aliphatic carbocycles. The monoisotopic (exact) mass is 238 g/mol. The summed E-state index contributed by atoms with van der Waals surface area (Å²) in [5.41, 5.74) is 0. The Bertz CT molecular complexity index is 377. The van der Waals surface area contributed by atoms with E-state index in [9.17, 15) is 17.6 Å². The molecule has 0 saturated heterocycles. The molecular formula is C9H6F4OS. The Morgan fingerprint density at radius 2 is 2.07 bits per heavy atom. The minimum atomic E-state index is -4.29. The van der Waals surface area contributed by atoms with Gasteiger partial charge in [0.1, 0.15) is 23.4 Å². The summed E-state index contributed by atoms with van der Waals surface area (Å²) in [4.78, 5) is 0.324. The van der Waals surface area contributed by atoms with Gasteiger partial charge in [0, 0.05) is 6.07 Å². The van der Waals surface area contributed by atoms with Crippen LogP contribution in [0.5, 0.6) is 5.75 Å². The SMILES string of the molecule is Fc1ccc2c(c1)OCC(C(F)(F)F)S2. The van der Waals surface area contributed by atoms with Gasteiger partial charge in [0.15, 0.2) is 0 Å². The molecule has 82 valence electrons. The van der Waals surface area contributed by atoms with Crippen LogP contribution in [0.2, 0.25) is 0 Å². The molecule has 0 aromatic heterocycles. The summed E-state index contributed by atoms with van der Waals surface area (Å²) in [6.07, 6.45) is -4.29. The fraction of sp³-hybridized carbons (Fsp3) is 0.333. The Labute approximate surface area is 87.4 Å². The first-order valence-corrected chi connectivity index (χ1v) is 5.00. The first-order chi connectivity index (χ1) is 6.97. The number of rotatable bonds is 0. The number of fused-ring (bicyclic) bond motifs is 1. The number of hydrogen-bond donors (Lipinski definition) is 0. The van der Waals surface area contributed by atoms with Gasteiger partial charge < -0.3 is 4.74 Å². The zero-order valence-corrected chi connectivity index (χ0v) is 8.16.